The van der Waals surface area contributed by atoms with Gasteiger partial charge in [-0.05, 0) is 61.5 Å². The lowest BCUT2D eigenvalue weighted by Crippen LogP contribution is -2.17. The highest BCUT2D eigenvalue weighted by Gasteiger charge is 2.07. The van der Waals surface area contributed by atoms with E-state index in [0.29, 0.717) is 0 Å². The summed E-state index contributed by atoms with van der Waals surface area (Å²) in [7, 11) is -1.53. The number of benzene rings is 2. The number of hydrogen-bond donors (Lipinski definition) is 1. The fraction of sp³-hybridized carbons (Fsp3) is 0.429. The summed E-state index contributed by atoms with van der Waals surface area (Å²) >= 11 is 0. The van der Waals surface area contributed by atoms with Crippen molar-refractivity contribution in [3.63, 3.8) is 0 Å². The molecular weight excluding hydrogens is 316 g/mol. The monoisotopic (exact) mass is 354 g/mol. The molecule has 0 fully saturated rings. The zero-order valence-electron chi connectivity index (χ0n) is 24.1. The molecule has 1 unspecified atom stereocenters. The van der Waals surface area contributed by atoms with Crippen molar-refractivity contribution in [2.75, 3.05) is 20.7 Å². The number of rotatable bonds is 10. The van der Waals surface area contributed by atoms with Gasteiger partial charge in [0.2, 0.25) is 0 Å². The third kappa shape index (κ3) is 6.31. The molecule has 0 saturated carbocycles. The van der Waals surface area contributed by atoms with Crippen LogP contribution in [0.3, 0.4) is 0 Å². The molecule has 2 rings (SSSR count). The fourth-order valence-electron chi connectivity index (χ4n) is 2.08. The van der Waals surface area contributed by atoms with Crippen molar-refractivity contribution in [2.24, 2.45) is 0 Å². The highest BCUT2D eigenvalue weighted by Crippen LogP contribution is 2.28. The zero-order valence-corrected chi connectivity index (χ0v) is 14.1. The molecule has 0 amide bonds. The Morgan fingerprint density at radius 2 is 2.04 bits per heavy atom. The van der Waals surface area contributed by atoms with E-state index in [1.54, 1.807) is 19.1 Å². The maximum atomic E-state index is 10.6. The van der Waals surface area contributed by atoms with E-state index in [1.807, 2.05) is 0 Å². The van der Waals surface area contributed by atoms with Crippen molar-refractivity contribution in [1.29, 1.82) is 0 Å². The standard InChI is InChI=1S/C21H28O4/c1-16-7-6-10-19(13-16)25-15-18(22)9-5-4-8-17-11-12-20(23-2)21(14-17)24-3/h6-7,10-14,18,22H,4-5,8-9,15H2,1-3H3/i3D3,8D2,9D2,15D2,18D. The second-order valence-corrected chi connectivity index (χ2v) is 5.19. The van der Waals surface area contributed by atoms with Crippen molar-refractivity contribution in [1.82, 2.24) is 0 Å². The van der Waals surface area contributed by atoms with E-state index in [9.17, 15) is 5.11 Å². The average molecular weight is 355 g/mol. The molecule has 0 radical (unpaired) electrons. The van der Waals surface area contributed by atoms with E-state index < -0.39 is 45.3 Å². The smallest absolute Gasteiger partial charge is 0.160 e. The molecule has 0 aliphatic heterocycles. The second kappa shape index (κ2) is 9.94. The van der Waals surface area contributed by atoms with Gasteiger partial charge in [-0.2, -0.15) is 0 Å². The van der Waals surface area contributed by atoms with Gasteiger partial charge in [0, 0.05) is 5.48 Å². The molecule has 0 heterocycles. The van der Waals surface area contributed by atoms with Crippen LogP contribution in [-0.4, -0.2) is 31.9 Å². The van der Waals surface area contributed by atoms with E-state index in [-0.39, 0.29) is 22.8 Å². The summed E-state index contributed by atoms with van der Waals surface area (Å²) in [6.07, 6.45) is -9.96. The molecule has 0 aliphatic carbocycles. The van der Waals surface area contributed by atoms with Gasteiger partial charge in [-0.25, -0.2) is 0 Å². The quantitative estimate of drug-likeness (QED) is 0.696. The number of aliphatic hydroxyl groups is 1. The third-order valence-electron chi connectivity index (χ3n) is 3.28. The van der Waals surface area contributed by atoms with Gasteiger partial charge in [0.25, 0.3) is 0 Å². The highest BCUT2D eigenvalue weighted by atomic mass is 16.5. The van der Waals surface area contributed by atoms with Gasteiger partial charge < -0.3 is 19.3 Å². The molecule has 2 aromatic carbocycles. The molecule has 0 spiro atoms. The lowest BCUT2D eigenvalue weighted by Gasteiger charge is -2.13. The molecule has 4 nitrogen and oxygen atoms in total. The van der Waals surface area contributed by atoms with Gasteiger partial charge in [0.05, 0.1) is 28.5 Å². The Bertz CT molecular complexity index is 1020. The van der Waals surface area contributed by atoms with Crippen LogP contribution in [-0.2, 0) is 6.37 Å². The van der Waals surface area contributed by atoms with Crippen molar-refractivity contribution in [2.45, 2.75) is 38.6 Å². The van der Waals surface area contributed by atoms with Gasteiger partial charge in [0.1, 0.15) is 12.3 Å². The minimum atomic E-state index is -3.41. The Labute approximate surface area is 164 Å². The summed E-state index contributed by atoms with van der Waals surface area (Å²) in [4.78, 5) is 0. The topological polar surface area (TPSA) is 47.9 Å². The van der Waals surface area contributed by atoms with Crippen LogP contribution in [0.15, 0.2) is 42.5 Å². The van der Waals surface area contributed by atoms with Gasteiger partial charge >= 0.3 is 0 Å². The Balaban J connectivity index is 2.24. The molecule has 4 heteroatoms. The van der Waals surface area contributed by atoms with Gasteiger partial charge in [-0.1, -0.05) is 24.6 Å². The van der Waals surface area contributed by atoms with Gasteiger partial charge in [-0.3, -0.25) is 0 Å². The summed E-state index contributed by atoms with van der Waals surface area (Å²) in [5.41, 5.74) is 0.672. The van der Waals surface area contributed by atoms with Crippen LogP contribution in [0.1, 0.15) is 44.0 Å². The Kier molecular flexibility index (Phi) is 3.77. The maximum Gasteiger partial charge on any atom is 0.160 e. The summed E-state index contributed by atoms with van der Waals surface area (Å²) in [6, 6.07) is 9.90. The molecule has 136 valence electrons. The van der Waals surface area contributed by atoms with E-state index in [2.05, 4.69) is 0 Å². The molecule has 0 aliphatic rings. The fourth-order valence-corrected chi connectivity index (χ4v) is 2.08. The molecule has 1 N–H and O–H groups in total. The molecular formula is C21H28O4. The first-order valence-electron chi connectivity index (χ1n) is 12.7. The summed E-state index contributed by atoms with van der Waals surface area (Å²) in [6.45, 7) is -1.46. The van der Waals surface area contributed by atoms with Crippen LogP contribution in [0.5, 0.6) is 17.2 Å². The number of hydrogen-bond acceptors (Lipinski definition) is 4. The van der Waals surface area contributed by atoms with Gasteiger partial charge in [-0.15, -0.1) is 0 Å². The largest absolute Gasteiger partial charge is 0.493 e. The van der Waals surface area contributed by atoms with E-state index in [4.69, 9.17) is 27.9 Å². The van der Waals surface area contributed by atoms with Crippen LogP contribution in [0.25, 0.3) is 0 Å². The molecule has 0 bridgehead atoms. The van der Waals surface area contributed by atoms with Crippen LogP contribution in [0.2, 0.25) is 0 Å². The zero-order chi connectivity index (χ0) is 26.9. The maximum absolute atomic E-state index is 10.6. The van der Waals surface area contributed by atoms with Crippen molar-refractivity contribution in [3.05, 3.63) is 53.6 Å². The molecule has 2 aromatic rings. The van der Waals surface area contributed by atoms with Crippen molar-refractivity contribution in [3.8, 4) is 17.2 Å². The molecule has 25 heavy (non-hydrogen) atoms. The molecule has 0 saturated heterocycles. The minimum Gasteiger partial charge on any atom is -0.493 e. The van der Waals surface area contributed by atoms with E-state index in [0.717, 1.165) is 11.6 Å². The van der Waals surface area contributed by atoms with Crippen LogP contribution in [0, 0.1) is 6.92 Å². The Morgan fingerprint density at radius 3 is 2.80 bits per heavy atom. The van der Waals surface area contributed by atoms with Crippen molar-refractivity contribution < 1.29 is 33.0 Å². The molecule has 0 aromatic heterocycles. The minimum absolute atomic E-state index is 0.00757. The average Bonchev–Trinajstić information content (AvgIpc) is 2.70. The highest BCUT2D eigenvalue weighted by molar-refractivity contribution is 5.42. The predicted molar refractivity (Wildman–Crippen MR) is 99.8 cm³/mol. The Morgan fingerprint density at radius 1 is 1.16 bits per heavy atom. The number of methoxy groups -OCH3 is 2. The summed E-state index contributed by atoms with van der Waals surface area (Å²) in [5, 5.41) is 10.6. The van der Waals surface area contributed by atoms with E-state index in [1.165, 1.54) is 31.4 Å². The second-order valence-electron chi connectivity index (χ2n) is 5.19. The van der Waals surface area contributed by atoms with E-state index >= 15 is 0 Å². The van der Waals surface area contributed by atoms with Crippen molar-refractivity contribution >= 4 is 0 Å². The first-order chi connectivity index (χ1) is 15.8. The third-order valence-corrected chi connectivity index (χ3v) is 3.28. The van der Waals surface area contributed by atoms with Crippen LogP contribution in [0.4, 0.5) is 0 Å². The number of aryl methyl sites for hydroxylation is 2. The SMILES string of the molecule is [2H]C([2H])([2H])Oc1cc(C([2H])([2H])CCC([2H])([2H])C([2H])(O)C([2H])([2H])Oc2cccc(C)c2)ccc1OC. The van der Waals surface area contributed by atoms with Crippen LogP contribution >= 0.6 is 0 Å². The molecule has 1 atom stereocenters. The first kappa shape index (κ1) is 9.48. The predicted octanol–water partition coefficient (Wildman–Crippen LogP) is 4.16. The Hall–Kier alpha value is -2.20. The number of ether oxygens (including phenoxy) is 3. The normalized spacial score (nSPS) is 21.2. The first-order valence-corrected chi connectivity index (χ1v) is 7.67. The van der Waals surface area contributed by atoms with Gasteiger partial charge in [0.15, 0.2) is 11.5 Å². The summed E-state index contributed by atoms with van der Waals surface area (Å²) in [5.74, 6) is -0.193. The summed E-state index contributed by atoms with van der Waals surface area (Å²) < 4.78 is 94.1. The lowest BCUT2D eigenvalue weighted by atomic mass is 10.0. The lowest BCUT2D eigenvalue weighted by molar-refractivity contribution is 0.0976. The van der Waals surface area contributed by atoms with Crippen LogP contribution < -0.4 is 14.2 Å².